The molecule has 1 unspecified atom stereocenters. The van der Waals surface area contributed by atoms with Crippen LogP contribution < -0.4 is 10.2 Å². The summed E-state index contributed by atoms with van der Waals surface area (Å²) in [6, 6.07) is 3.50. The molecule has 1 saturated heterocycles. The van der Waals surface area contributed by atoms with Crippen LogP contribution in [0.2, 0.25) is 0 Å². The molecule has 0 spiro atoms. The van der Waals surface area contributed by atoms with Crippen molar-refractivity contribution in [2.24, 2.45) is 7.05 Å². The van der Waals surface area contributed by atoms with Crippen LogP contribution in [-0.4, -0.2) is 61.7 Å². The minimum Gasteiger partial charge on any atom is -0.356 e. The fourth-order valence-electron chi connectivity index (χ4n) is 4.03. The molecule has 2 aliphatic heterocycles. The average molecular weight is 461 g/mol. The van der Waals surface area contributed by atoms with Crippen LogP contribution in [0.5, 0.6) is 0 Å². The smallest absolute Gasteiger partial charge is 0.278 e. The molecule has 3 aromatic heterocycles. The molecule has 1 amide bonds. The second-order valence-electron chi connectivity index (χ2n) is 7.79. The van der Waals surface area contributed by atoms with Gasteiger partial charge in [0.1, 0.15) is 11.1 Å². The first kappa shape index (κ1) is 20.7. The Morgan fingerprint density at radius 3 is 2.78 bits per heavy atom. The van der Waals surface area contributed by atoms with E-state index in [1.165, 1.54) is 26.8 Å². The molecular weight excluding hydrogens is 438 g/mol. The lowest BCUT2D eigenvalue weighted by molar-refractivity contribution is 0.101. The van der Waals surface area contributed by atoms with Crippen molar-refractivity contribution in [3.63, 3.8) is 0 Å². The number of aryl methyl sites for hydroxylation is 1. The Labute approximate surface area is 187 Å². The molecule has 9 nitrogen and oxygen atoms in total. The molecule has 1 atom stereocenters. The van der Waals surface area contributed by atoms with Crippen LogP contribution in [0.3, 0.4) is 0 Å². The number of carbonyl (C=O) groups excluding carboxylic acids is 1. The van der Waals surface area contributed by atoms with Crippen molar-refractivity contribution in [1.29, 1.82) is 0 Å². The van der Waals surface area contributed by atoms with E-state index < -0.39 is 11.8 Å². The third-order valence-electron chi connectivity index (χ3n) is 5.72. The number of halogens is 2. The number of thioether (sulfide) groups is 1. The van der Waals surface area contributed by atoms with E-state index in [-0.39, 0.29) is 11.6 Å². The number of amides is 1. The first-order valence-corrected chi connectivity index (χ1v) is 11.2. The van der Waals surface area contributed by atoms with Gasteiger partial charge in [-0.2, -0.15) is 10.1 Å². The molecule has 1 N–H and O–H groups in total. The highest BCUT2D eigenvalue weighted by atomic mass is 32.2. The van der Waals surface area contributed by atoms with Crippen molar-refractivity contribution in [3.05, 3.63) is 46.9 Å². The van der Waals surface area contributed by atoms with Crippen molar-refractivity contribution in [2.45, 2.75) is 24.6 Å². The molecule has 3 aromatic rings. The summed E-state index contributed by atoms with van der Waals surface area (Å²) in [4.78, 5) is 21.3. The number of fused-ring (bicyclic) bond motifs is 1. The van der Waals surface area contributed by atoms with Crippen LogP contribution in [0.15, 0.2) is 35.6 Å². The number of allylic oxidation sites excluding steroid dienone is 1. The quantitative estimate of drug-likeness (QED) is 0.626. The molecule has 0 saturated carbocycles. The number of carbonyl (C=O) groups is 1. The Morgan fingerprint density at radius 2 is 2.06 bits per heavy atom. The van der Waals surface area contributed by atoms with Crippen molar-refractivity contribution in [2.75, 3.05) is 30.4 Å². The van der Waals surface area contributed by atoms with Gasteiger partial charge in [0, 0.05) is 50.7 Å². The van der Waals surface area contributed by atoms with Crippen molar-refractivity contribution in [3.8, 4) is 0 Å². The normalized spacial score (nSPS) is 18.8. The Hall–Kier alpha value is -3.15. The standard InChI is InChI=1S/C20H22F2N8OS/c1-27-14(17(21)22)11-32-19(27)13-10-23-28(2)16(13)18(31)24-12-5-8-30-15(9-12)25-20(26-30)29-6-3-4-7-29/h5,8-11,17,19H,3-4,6-7H2,1-2H3,(H,24,31). The van der Waals surface area contributed by atoms with E-state index in [1.807, 2.05) is 0 Å². The van der Waals surface area contributed by atoms with Gasteiger partial charge in [-0.1, -0.05) is 0 Å². The molecule has 2 aliphatic rings. The van der Waals surface area contributed by atoms with Gasteiger partial charge in [-0.15, -0.1) is 16.9 Å². The molecule has 32 heavy (non-hydrogen) atoms. The molecule has 168 valence electrons. The summed E-state index contributed by atoms with van der Waals surface area (Å²) < 4.78 is 29.6. The number of anilines is 2. The highest BCUT2D eigenvalue weighted by molar-refractivity contribution is 8.02. The minimum atomic E-state index is -2.58. The molecule has 0 aliphatic carbocycles. The van der Waals surface area contributed by atoms with Gasteiger partial charge in [0.25, 0.3) is 12.3 Å². The van der Waals surface area contributed by atoms with Crippen molar-refractivity contribution < 1.29 is 13.6 Å². The lowest BCUT2D eigenvalue weighted by Gasteiger charge is -2.24. The summed E-state index contributed by atoms with van der Waals surface area (Å²) in [5, 5.41) is 12.6. The summed E-state index contributed by atoms with van der Waals surface area (Å²) in [6.45, 7) is 1.89. The van der Waals surface area contributed by atoms with Gasteiger partial charge in [0.05, 0.1) is 11.9 Å². The van der Waals surface area contributed by atoms with Gasteiger partial charge < -0.3 is 15.1 Å². The summed E-state index contributed by atoms with van der Waals surface area (Å²) >= 11 is 1.23. The Bertz CT molecular complexity index is 1200. The molecule has 12 heteroatoms. The van der Waals surface area contributed by atoms with Crippen LogP contribution in [0.25, 0.3) is 5.65 Å². The molecule has 0 bridgehead atoms. The molecule has 1 fully saturated rings. The van der Waals surface area contributed by atoms with Crippen molar-refractivity contribution >= 4 is 35.0 Å². The van der Waals surface area contributed by atoms with Gasteiger partial charge in [0.2, 0.25) is 5.95 Å². The number of aromatic nitrogens is 5. The van der Waals surface area contributed by atoms with E-state index in [4.69, 9.17) is 0 Å². The SMILES string of the molecule is CN1C(C(F)F)=CSC1c1cnn(C)c1C(=O)Nc1ccn2nc(N3CCCC3)nc2c1. The Kier molecular flexibility index (Phi) is 5.24. The van der Waals surface area contributed by atoms with Gasteiger partial charge in [-0.25, -0.2) is 13.3 Å². The molecule has 5 heterocycles. The number of alkyl halides is 2. The maximum Gasteiger partial charge on any atom is 0.278 e. The molecule has 0 aromatic carbocycles. The molecule has 5 rings (SSSR count). The fourth-order valence-corrected chi connectivity index (χ4v) is 5.19. The average Bonchev–Trinajstić information content (AvgIpc) is 3.53. The lowest BCUT2D eigenvalue weighted by Crippen LogP contribution is -2.24. The summed E-state index contributed by atoms with van der Waals surface area (Å²) in [7, 11) is 3.25. The zero-order valence-corrected chi connectivity index (χ0v) is 18.4. The van der Waals surface area contributed by atoms with E-state index in [2.05, 4.69) is 25.4 Å². The van der Waals surface area contributed by atoms with E-state index in [0.717, 1.165) is 25.9 Å². The fraction of sp³-hybridized carbons (Fsp3) is 0.400. The number of nitrogens with zero attached hydrogens (tertiary/aromatic N) is 7. The number of nitrogens with one attached hydrogen (secondary N) is 1. The van der Waals surface area contributed by atoms with Crippen LogP contribution in [0.1, 0.15) is 34.3 Å². The lowest BCUT2D eigenvalue weighted by atomic mass is 10.2. The minimum absolute atomic E-state index is 0.0683. The van der Waals surface area contributed by atoms with E-state index in [9.17, 15) is 13.6 Å². The van der Waals surface area contributed by atoms with Gasteiger partial charge in [0.15, 0.2) is 5.65 Å². The van der Waals surface area contributed by atoms with Crippen molar-refractivity contribution in [1.82, 2.24) is 29.3 Å². The third kappa shape index (κ3) is 3.57. The van der Waals surface area contributed by atoms with Gasteiger partial charge in [-0.05, 0) is 24.3 Å². The van der Waals surface area contributed by atoms with Crippen LogP contribution >= 0.6 is 11.8 Å². The Morgan fingerprint density at radius 1 is 1.28 bits per heavy atom. The third-order valence-corrected chi connectivity index (χ3v) is 6.93. The first-order valence-electron chi connectivity index (χ1n) is 10.2. The highest BCUT2D eigenvalue weighted by Gasteiger charge is 2.34. The summed E-state index contributed by atoms with van der Waals surface area (Å²) in [6.07, 6.45) is 2.99. The van der Waals surface area contributed by atoms with E-state index in [0.29, 0.717) is 28.5 Å². The topological polar surface area (TPSA) is 83.6 Å². The summed E-state index contributed by atoms with van der Waals surface area (Å²) in [5.74, 6) is 0.312. The van der Waals surface area contributed by atoms with E-state index >= 15 is 0 Å². The zero-order chi connectivity index (χ0) is 22.4. The number of hydrogen-bond donors (Lipinski definition) is 1. The molecular formula is C20H22F2N8OS. The monoisotopic (exact) mass is 460 g/mol. The Balaban J connectivity index is 1.37. The van der Waals surface area contributed by atoms with E-state index in [1.54, 1.807) is 43.1 Å². The second kappa shape index (κ2) is 8.08. The molecule has 0 radical (unpaired) electrons. The first-order chi connectivity index (χ1) is 15.4. The largest absolute Gasteiger partial charge is 0.356 e. The number of hydrogen-bond acceptors (Lipinski definition) is 7. The van der Waals surface area contributed by atoms with Crippen LogP contribution in [-0.2, 0) is 7.05 Å². The van der Waals surface area contributed by atoms with Crippen LogP contribution in [0, 0.1) is 0 Å². The van der Waals surface area contributed by atoms with Gasteiger partial charge >= 0.3 is 0 Å². The highest BCUT2D eigenvalue weighted by Crippen LogP contribution is 2.44. The number of rotatable bonds is 5. The summed E-state index contributed by atoms with van der Waals surface area (Å²) in [5.41, 5.74) is 2.02. The second-order valence-corrected chi connectivity index (χ2v) is 8.75. The zero-order valence-electron chi connectivity index (χ0n) is 17.6. The predicted molar refractivity (Wildman–Crippen MR) is 118 cm³/mol. The maximum atomic E-state index is 13.2. The maximum absolute atomic E-state index is 13.2. The predicted octanol–water partition coefficient (Wildman–Crippen LogP) is 3.10. The van der Waals surface area contributed by atoms with Gasteiger partial charge in [-0.3, -0.25) is 9.48 Å². The van der Waals surface area contributed by atoms with Crippen LogP contribution in [0.4, 0.5) is 20.4 Å². The number of pyridine rings is 1.